The highest BCUT2D eigenvalue weighted by molar-refractivity contribution is 6.00. The standard InChI is InChI=1S/C14H19N3O4/c1-10(14(19)20)16(2)13(18)11-4-3-5-15-12(11)17-6-8-21-9-7-17/h3-5,10H,6-9H2,1-2H3,(H,19,20). The molecule has 1 fully saturated rings. The number of pyridine rings is 1. The first-order valence-electron chi connectivity index (χ1n) is 6.80. The Labute approximate surface area is 123 Å². The minimum Gasteiger partial charge on any atom is -0.480 e. The van der Waals surface area contributed by atoms with Crippen molar-refractivity contribution in [2.75, 3.05) is 38.3 Å². The lowest BCUT2D eigenvalue weighted by Crippen LogP contribution is -2.42. The molecular weight excluding hydrogens is 274 g/mol. The molecule has 0 aliphatic carbocycles. The Morgan fingerprint density at radius 1 is 1.43 bits per heavy atom. The van der Waals surface area contributed by atoms with Crippen LogP contribution in [0.15, 0.2) is 18.3 Å². The molecule has 7 nitrogen and oxygen atoms in total. The molecule has 7 heteroatoms. The SMILES string of the molecule is CC(C(=O)O)N(C)C(=O)c1cccnc1N1CCOCC1. The van der Waals surface area contributed by atoms with Crippen LogP contribution in [-0.4, -0.2) is 66.3 Å². The average molecular weight is 293 g/mol. The Morgan fingerprint density at radius 3 is 2.71 bits per heavy atom. The van der Waals surface area contributed by atoms with Crippen molar-refractivity contribution in [1.29, 1.82) is 0 Å². The van der Waals surface area contributed by atoms with Crippen LogP contribution in [0.3, 0.4) is 0 Å². The quantitative estimate of drug-likeness (QED) is 0.868. The fourth-order valence-electron chi connectivity index (χ4n) is 2.12. The van der Waals surface area contributed by atoms with E-state index in [2.05, 4.69) is 4.98 Å². The number of amides is 1. The first kappa shape index (κ1) is 15.2. The van der Waals surface area contributed by atoms with Gasteiger partial charge in [0.15, 0.2) is 0 Å². The number of morpholine rings is 1. The second kappa shape index (κ2) is 6.53. The number of hydrogen-bond donors (Lipinski definition) is 1. The largest absolute Gasteiger partial charge is 0.480 e. The zero-order chi connectivity index (χ0) is 15.4. The van der Waals surface area contributed by atoms with Gasteiger partial charge in [-0.3, -0.25) is 4.79 Å². The molecule has 1 atom stereocenters. The molecule has 1 unspecified atom stereocenters. The van der Waals surface area contributed by atoms with Crippen LogP contribution in [0.1, 0.15) is 17.3 Å². The molecule has 2 heterocycles. The molecule has 21 heavy (non-hydrogen) atoms. The Balaban J connectivity index is 2.26. The van der Waals surface area contributed by atoms with Gasteiger partial charge in [0.1, 0.15) is 11.9 Å². The van der Waals surface area contributed by atoms with Crippen molar-refractivity contribution < 1.29 is 19.4 Å². The highest BCUT2D eigenvalue weighted by Gasteiger charge is 2.26. The average Bonchev–Trinajstić information content (AvgIpc) is 2.53. The molecule has 1 N–H and O–H groups in total. The number of anilines is 1. The number of carbonyl (C=O) groups is 2. The van der Waals surface area contributed by atoms with Gasteiger partial charge >= 0.3 is 5.97 Å². The Bertz CT molecular complexity index is 529. The third kappa shape index (κ3) is 3.30. The number of ether oxygens (including phenoxy) is 1. The van der Waals surface area contributed by atoms with Crippen LogP contribution in [0.25, 0.3) is 0 Å². The third-order valence-electron chi connectivity index (χ3n) is 3.59. The molecule has 1 aliphatic rings. The highest BCUT2D eigenvalue weighted by Crippen LogP contribution is 2.20. The van der Waals surface area contributed by atoms with E-state index in [-0.39, 0.29) is 5.91 Å². The topological polar surface area (TPSA) is 83.0 Å². The fourth-order valence-corrected chi connectivity index (χ4v) is 2.12. The molecule has 1 saturated heterocycles. The summed E-state index contributed by atoms with van der Waals surface area (Å²) in [6, 6.07) is 2.46. The first-order chi connectivity index (χ1) is 10.0. The van der Waals surface area contributed by atoms with Gasteiger partial charge in [-0.05, 0) is 19.1 Å². The van der Waals surface area contributed by atoms with Gasteiger partial charge in [0, 0.05) is 26.3 Å². The van der Waals surface area contributed by atoms with E-state index in [9.17, 15) is 9.59 Å². The minimum atomic E-state index is -1.04. The molecule has 0 aromatic carbocycles. The molecule has 0 radical (unpaired) electrons. The minimum absolute atomic E-state index is 0.348. The lowest BCUT2D eigenvalue weighted by Gasteiger charge is -2.30. The number of aliphatic carboxylic acids is 1. The Morgan fingerprint density at radius 2 is 2.10 bits per heavy atom. The molecule has 0 spiro atoms. The van der Waals surface area contributed by atoms with Gasteiger partial charge < -0.3 is 19.6 Å². The van der Waals surface area contributed by atoms with Gasteiger partial charge in [-0.2, -0.15) is 0 Å². The Kier molecular flexibility index (Phi) is 4.74. The second-order valence-electron chi connectivity index (χ2n) is 4.90. The maximum Gasteiger partial charge on any atom is 0.326 e. The number of carboxylic acid groups (broad SMARTS) is 1. The lowest BCUT2D eigenvalue weighted by atomic mass is 10.2. The molecule has 0 bridgehead atoms. The highest BCUT2D eigenvalue weighted by atomic mass is 16.5. The van der Waals surface area contributed by atoms with Crippen LogP contribution in [0.5, 0.6) is 0 Å². The first-order valence-corrected chi connectivity index (χ1v) is 6.80. The molecule has 1 amide bonds. The normalized spacial score (nSPS) is 16.4. The van der Waals surface area contributed by atoms with Crippen molar-refractivity contribution in [2.45, 2.75) is 13.0 Å². The number of nitrogens with zero attached hydrogens (tertiary/aromatic N) is 3. The summed E-state index contributed by atoms with van der Waals surface area (Å²) in [7, 11) is 1.48. The van der Waals surface area contributed by atoms with Gasteiger partial charge in [-0.15, -0.1) is 0 Å². The summed E-state index contributed by atoms with van der Waals surface area (Å²) in [5.74, 6) is -0.808. The summed E-state index contributed by atoms with van der Waals surface area (Å²) in [4.78, 5) is 31.0. The van der Waals surface area contributed by atoms with Crippen LogP contribution in [-0.2, 0) is 9.53 Å². The Hall–Kier alpha value is -2.15. The lowest BCUT2D eigenvalue weighted by molar-refractivity contribution is -0.141. The van der Waals surface area contributed by atoms with Gasteiger partial charge in [0.25, 0.3) is 5.91 Å². The monoisotopic (exact) mass is 293 g/mol. The maximum atomic E-state index is 12.5. The molecule has 1 aliphatic heterocycles. The van der Waals surface area contributed by atoms with Crippen molar-refractivity contribution in [2.24, 2.45) is 0 Å². The second-order valence-corrected chi connectivity index (χ2v) is 4.90. The van der Waals surface area contributed by atoms with E-state index in [1.807, 2.05) is 4.90 Å². The summed E-state index contributed by atoms with van der Waals surface area (Å²) in [5, 5.41) is 9.03. The smallest absolute Gasteiger partial charge is 0.326 e. The number of rotatable bonds is 4. The number of hydrogen-bond acceptors (Lipinski definition) is 5. The maximum absolute atomic E-state index is 12.5. The molecule has 2 rings (SSSR count). The number of aromatic nitrogens is 1. The van der Waals surface area contributed by atoms with Crippen molar-refractivity contribution >= 4 is 17.7 Å². The van der Waals surface area contributed by atoms with E-state index in [0.717, 1.165) is 0 Å². The number of carbonyl (C=O) groups excluding carboxylic acids is 1. The van der Waals surface area contributed by atoms with Crippen LogP contribution < -0.4 is 4.90 Å². The molecule has 0 saturated carbocycles. The third-order valence-corrected chi connectivity index (χ3v) is 3.59. The molecule has 1 aromatic rings. The zero-order valence-corrected chi connectivity index (χ0v) is 12.2. The van der Waals surface area contributed by atoms with Gasteiger partial charge in [0.2, 0.25) is 0 Å². The summed E-state index contributed by atoms with van der Waals surface area (Å²) in [5.41, 5.74) is 0.412. The van der Waals surface area contributed by atoms with E-state index >= 15 is 0 Å². The summed E-state index contributed by atoms with van der Waals surface area (Å²) < 4.78 is 5.30. The van der Waals surface area contributed by atoms with Gasteiger partial charge in [-0.1, -0.05) is 0 Å². The fraction of sp³-hybridized carbons (Fsp3) is 0.500. The molecule has 1 aromatic heterocycles. The van der Waals surface area contributed by atoms with E-state index in [1.54, 1.807) is 18.3 Å². The predicted octanol–water partition coefficient (Wildman–Crippen LogP) is 0.463. The summed E-state index contributed by atoms with van der Waals surface area (Å²) >= 11 is 0. The van der Waals surface area contributed by atoms with E-state index in [4.69, 9.17) is 9.84 Å². The van der Waals surface area contributed by atoms with Crippen molar-refractivity contribution in [1.82, 2.24) is 9.88 Å². The van der Waals surface area contributed by atoms with Gasteiger partial charge in [0.05, 0.1) is 18.8 Å². The molecular formula is C14H19N3O4. The van der Waals surface area contributed by atoms with E-state index in [1.165, 1.54) is 18.9 Å². The summed E-state index contributed by atoms with van der Waals surface area (Å²) in [6.45, 7) is 3.98. The van der Waals surface area contributed by atoms with Crippen LogP contribution >= 0.6 is 0 Å². The van der Waals surface area contributed by atoms with Crippen LogP contribution in [0.4, 0.5) is 5.82 Å². The summed E-state index contributed by atoms with van der Waals surface area (Å²) in [6.07, 6.45) is 1.63. The predicted molar refractivity (Wildman–Crippen MR) is 76.5 cm³/mol. The van der Waals surface area contributed by atoms with Crippen molar-refractivity contribution in [3.05, 3.63) is 23.9 Å². The van der Waals surface area contributed by atoms with Crippen molar-refractivity contribution in [3.63, 3.8) is 0 Å². The van der Waals surface area contributed by atoms with Crippen LogP contribution in [0.2, 0.25) is 0 Å². The van der Waals surface area contributed by atoms with E-state index < -0.39 is 12.0 Å². The number of likely N-dealkylation sites (N-methyl/N-ethyl adjacent to an activating group) is 1. The molecule has 114 valence electrons. The van der Waals surface area contributed by atoms with Crippen LogP contribution in [0, 0.1) is 0 Å². The zero-order valence-electron chi connectivity index (χ0n) is 12.2. The van der Waals surface area contributed by atoms with Crippen molar-refractivity contribution in [3.8, 4) is 0 Å². The number of carboxylic acids is 1. The van der Waals surface area contributed by atoms with Gasteiger partial charge in [-0.25, -0.2) is 9.78 Å². The van der Waals surface area contributed by atoms with E-state index in [0.29, 0.717) is 37.7 Å².